The summed E-state index contributed by atoms with van der Waals surface area (Å²) in [6.45, 7) is 8.02. The zero-order valence-corrected chi connectivity index (χ0v) is 16.0. The van der Waals surface area contributed by atoms with Crippen molar-refractivity contribution in [3.63, 3.8) is 0 Å². The number of imidazole rings is 1. The molecule has 0 amide bonds. The van der Waals surface area contributed by atoms with Crippen molar-refractivity contribution in [3.05, 3.63) is 60.3 Å². The highest BCUT2D eigenvalue weighted by atomic mass is 16.6. The zero-order chi connectivity index (χ0) is 19.0. The molecule has 0 atom stereocenters. The Morgan fingerprint density at radius 2 is 2.04 bits per heavy atom. The van der Waals surface area contributed by atoms with Crippen molar-refractivity contribution in [1.82, 2.24) is 19.3 Å². The summed E-state index contributed by atoms with van der Waals surface area (Å²) in [5.74, 6) is 0. The summed E-state index contributed by atoms with van der Waals surface area (Å²) in [7, 11) is 0. The zero-order valence-electron chi connectivity index (χ0n) is 16.0. The highest BCUT2D eigenvalue weighted by Gasteiger charge is 2.51. The fourth-order valence-corrected chi connectivity index (χ4v) is 4.29. The summed E-state index contributed by atoms with van der Waals surface area (Å²) >= 11 is 0. The molecule has 0 aliphatic carbocycles. The SMILES string of the molecule is CCON=Cc1ccc(CN2CC3(C2)CN(c2ccc4nccn4c2)C3)cn1. The Balaban J connectivity index is 1.12. The summed E-state index contributed by atoms with van der Waals surface area (Å²) in [4.78, 5) is 18.7. The van der Waals surface area contributed by atoms with Crippen LogP contribution >= 0.6 is 0 Å². The molecule has 0 radical (unpaired) electrons. The predicted octanol–water partition coefficient (Wildman–Crippen LogP) is 2.42. The molecule has 28 heavy (non-hydrogen) atoms. The number of oxime groups is 1. The molecule has 0 N–H and O–H groups in total. The van der Waals surface area contributed by atoms with Gasteiger partial charge in [-0.15, -0.1) is 0 Å². The van der Waals surface area contributed by atoms with Gasteiger partial charge < -0.3 is 14.1 Å². The Morgan fingerprint density at radius 1 is 1.14 bits per heavy atom. The Labute approximate surface area is 164 Å². The fourth-order valence-electron chi connectivity index (χ4n) is 4.29. The number of hydrogen-bond acceptors (Lipinski definition) is 6. The normalized spacial score (nSPS) is 18.5. The molecule has 5 rings (SSSR count). The van der Waals surface area contributed by atoms with Crippen molar-refractivity contribution < 1.29 is 4.84 Å². The molecule has 3 aromatic heterocycles. The van der Waals surface area contributed by atoms with E-state index in [1.165, 1.54) is 11.3 Å². The van der Waals surface area contributed by atoms with Crippen molar-refractivity contribution in [2.24, 2.45) is 10.6 Å². The second-order valence-corrected chi connectivity index (χ2v) is 7.82. The first-order valence-electron chi connectivity index (χ1n) is 9.73. The molecule has 2 aliphatic rings. The Bertz CT molecular complexity index is 982. The quantitative estimate of drug-likeness (QED) is 0.488. The second kappa shape index (κ2) is 6.91. The number of anilines is 1. The van der Waals surface area contributed by atoms with Crippen molar-refractivity contribution >= 4 is 17.5 Å². The van der Waals surface area contributed by atoms with Gasteiger partial charge in [0.05, 0.1) is 17.6 Å². The predicted molar refractivity (Wildman–Crippen MR) is 109 cm³/mol. The molecule has 3 aromatic rings. The minimum atomic E-state index is 0.460. The molecule has 1 spiro atoms. The van der Waals surface area contributed by atoms with E-state index >= 15 is 0 Å². The summed E-state index contributed by atoms with van der Waals surface area (Å²) in [6, 6.07) is 8.38. The molecule has 144 valence electrons. The molecule has 2 saturated heterocycles. The van der Waals surface area contributed by atoms with E-state index in [-0.39, 0.29) is 0 Å². The monoisotopic (exact) mass is 376 g/mol. The molecular weight excluding hydrogens is 352 g/mol. The maximum absolute atomic E-state index is 4.97. The number of rotatable bonds is 6. The minimum Gasteiger partial charge on any atom is -0.396 e. The van der Waals surface area contributed by atoms with Gasteiger partial charge >= 0.3 is 0 Å². The first-order valence-corrected chi connectivity index (χ1v) is 9.73. The lowest BCUT2D eigenvalue weighted by atomic mass is 9.72. The highest BCUT2D eigenvalue weighted by Crippen LogP contribution is 2.42. The summed E-state index contributed by atoms with van der Waals surface area (Å²) in [5.41, 5.74) is 4.80. The average molecular weight is 376 g/mol. The van der Waals surface area contributed by atoms with E-state index in [1.807, 2.05) is 31.6 Å². The Hall–Kier alpha value is -2.93. The molecule has 0 aromatic carbocycles. The van der Waals surface area contributed by atoms with Crippen LogP contribution in [0.5, 0.6) is 0 Å². The maximum atomic E-state index is 4.97. The first kappa shape index (κ1) is 17.2. The number of nitrogens with zero attached hydrogens (tertiary/aromatic N) is 6. The molecule has 7 heteroatoms. The van der Waals surface area contributed by atoms with Crippen LogP contribution in [0.25, 0.3) is 5.65 Å². The van der Waals surface area contributed by atoms with E-state index in [9.17, 15) is 0 Å². The summed E-state index contributed by atoms with van der Waals surface area (Å²) in [5, 5.41) is 3.85. The van der Waals surface area contributed by atoms with Crippen LogP contribution < -0.4 is 4.90 Å². The van der Waals surface area contributed by atoms with Crippen molar-refractivity contribution in [3.8, 4) is 0 Å². The van der Waals surface area contributed by atoms with Gasteiger partial charge in [-0.2, -0.15) is 0 Å². The van der Waals surface area contributed by atoms with E-state index in [2.05, 4.69) is 53.7 Å². The van der Waals surface area contributed by atoms with E-state index < -0.39 is 0 Å². The van der Waals surface area contributed by atoms with Crippen LogP contribution in [0.15, 0.2) is 54.2 Å². The van der Waals surface area contributed by atoms with Gasteiger partial charge in [0.1, 0.15) is 12.3 Å². The summed E-state index contributed by atoms with van der Waals surface area (Å²) < 4.78 is 2.09. The third kappa shape index (κ3) is 3.22. The van der Waals surface area contributed by atoms with Gasteiger partial charge in [-0.25, -0.2) is 4.98 Å². The lowest BCUT2D eigenvalue weighted by Gasteiger charge is -2.61. The topological polar surface area (TPSA) is 58.3 Å². The standard InChI is InChI=1S/C21H24N6O/c1-2-28-24-10-18-4-3-17(9-23-18)11-25-13-21(14-25)15-27(16-21)19-5-6-20-22-7-8-26(20)12-19/h3-10,12H,2,11,13-16H2,1H3. The number of pyridine rings is 2. The third-order valence-electron chi connectivity index (χ3n) is 5.55. The van der Waals surface area contributed by atoms with E-state index in [0.717, 1.165) is 44.1 Å². The Morgan fingerprint density at radius 3 is 2.82 bits per heavy atom. The second-order valence-electron chi connectivity index (χ2n) is 7.82. The van der Waals surface area contributed by atoms with E-state index in [0.29, 0.717) is 12.0 Å². The minimum absolute atomic E-state index is 0.460. The van der Waals surface area contributed by atoms with Gasteiger partial charge in [-0.05, 0) is 30.7 Å². The lowest BCUT2D eigenvalue weighted by molar-refractivity contribution is -0.0274. The number of fused-ring (bicyclic) bond motifs is 1. The van der Waals surface area contributed by atoms with Gasteiger partial charge in [-0.3, -0.25) is 9.88 Å². The van der Waals surface area contributed by atoms with E-state index in [4.69, 9.17) is 4.84 Å². The fraction of sp³-hybridized carbons (Fsp3) is 0.381. The van der Waals surface area contributed by atoms with Crippen LogP contribution in [0.3, 0.4) is 0 Å². The van der Waals surface area contributed by atoms with Crippen LogP contribution in [0.4, 0.5) is 5.69 Å². The van der Waals surface area contributed by atoms with Crippen LogP contribution in [0.1, 0.15) is 18.2 Å². The molecule has 2 aliphatic heterocycles. The van der Waals surface area contributed by atoms with Gasteiger partial charge in [0.25, 0.3) is 0 Å². The molecular formula is C21H24N6O. The number of hydrogen-bond donors (Lipinski definition) is 0. The van der Waals surface area contributed by atoms with Crippen molar-refractivity contribution in [2.75, 3.05) is 37.7 Å². The van der Waals surface area contributed by atoms with Crippen molar-refractivity contribution in [1.29, 1.82) is 0 Å². The summed E-state index contributed by atoms with van der Waals surface area (Å²) in [6.07, 6.45) is 9.60. The smallest absolute Gasteiger partial charge is 0.136 e. The van der Waals surface area contributed by atoms with Crippen LogP contribution in [-0.2, 0) is 11.4 Å². The van der Waals surface area contributed by atoms with Crippen LogP contribution in [-0.4, -0.2) is 58.3 Å². The lowest BCUT2D eigenvalue weighted by Crippen LogP contribution is -2.72. The average Bonchev–Trinajstić information content (AvgIpc) is 3.12. The maximum Gasteiger partial charge on any atom is 0.136 e. The third-order valence-corrected chi connectivity index (χ3v) is 5.55. The molecule has 5 heterocycles. The first-order chi connectivity index (χ1) is 13.7. The largest absolute Gasteiger partial charge is 0.396 e. The molecule has 0 bridgehead atoms. The Kier molecular flexibility index (Phi) is 4.24. The molecule has 0 unspecified atom stereocenters. The van der Waals surface area contributed by atoms with Gasteiger partial charge in [0.2, 0.25) is 0 Å². The van der Waals surface area contributed by atoms with Gasteiger partial charge in [0.15, 0.2) is 0 Å². The molecule has 2 fully saturated rings. The van der Waals surface area contributed by atoms with Crippen LogP contribution in [0.2, 0.25) is 0 Å². The van der Waals surface area contributed by atoms with Gasteiger partial charge in [0, 0.05) is 62.9 Å². The molecule has 7 nitrogen and oxygen atoms in total. The van der Waals surface area contributed by atoms with Gasteiger partial charge in [-0.1, -0.05) is 11.2 Å². The van der Waals surface area contributed by atoms with Crippen molar-refractivity contribution in [2.45, 2.75) is 13.5 Å². The van der Waals surface area contributed by atoms with E-state index in [1.54, 1.807) is 6.21 Å². The molecule has 0 saturated carbocycles. The number of aromatic nitrogens is 3. The number of likely N-dealkylation sites (tertiary alicyclic amines) is 1. The highest BCUT2D eigenvalue weighted by molar-refractivity contribution is 5.76. The van der Waals surface area contributed by atoms with Crippen LogP contribution in [0, 0.1) is 5.41 Å².